The van der Waals surface area contributed by atoms with Crippen molar-refractivity contribution in [2.24, 2.45) is 0 Å². The first-order valence-corrected chi connectivity index (χ1v) is 4.68. The van der Waals surface area contributed by atoms with Crippen LogP contribution in [-0.2, 0) is 0 Å². The van der Waals surface area contributed by atoms with Crippen LogP contribution in [0.15, 0.2) is 12.1 Å². The molecule has 4 heteroatoms. The number of rotatable bonds is 0. The Hall–Kier alpha value is -1.71. The maximum absolute atomic E-state index is 11.7. The molecule has 0 fully saturated rings. The Kier molecular flexibility index (Phi) is 1.89. The van der Waals surface area contributed by atoms with Gasteiger partial charge in [0, 0.05) is 0 Å². The first kappa shape index (κ1) is 9.83. The highest BCUT2D eigenvalue weighted by molar-refractivity contribution is 6.03. The molecule has 2 rings (SSSR count). The second kappa shape index (κ2) is 2.89. The second-order valence-corrected chi connectivity index (χ2v) is 4.27. The fourth-order valence-electron chi connectivity index (χ4n) is 1.72. The predicted octanol–water partition coefficient (Wildman–Crippen LogP) is 1.84. The average Bonchev–Trinajstić information content (AvgIpc) is 2.09. The Morgan fingerprint density at radius 3 is 2.53 bits per heavy atom. The van der Waals surface area contributed by atoms with E-state index in [1.807, 2.05) is 0 Å². The van der Waals surface area contributed by atoms with Crippen LogP contribution in [0.2, 0.25) is 0 Å². The van der Waals surface area contributed by atoms with Gasteiger partial charge >= 0.3 is 0 Å². The molecule has 1 aliphatic heterocycles. The van der Waals surface area contributed by atoms with Crippen LogP contribution in [0.4, 0.5) is 0 Å². The maximum atomic E-state index is 11.7. The number of carbonyl (C=O) groups excluding carboxylic acids is 1. The van der Waals surface area contributed by atoms with Gasteiger partial charge in [-0.15, -0.1) is 0 Å². The van der Waals surface area contributed by atoms with Gasteiger partial charge in [-0.2, -0.15) is 0 Å². The minimum absolute atomic E-state index is 0.0781. The summed E-state index contributed by atoms with van der Waals surface area (Å²) < 4.78 is 5.47. The van der Waals surface area contributed by atoms with Crippen molar-refractivity contribution in [1.29, 1.82) is 0 Å². The number of fused-ring (bicyclic) bond motifs is 1. The van der Waals surface area contributed by atoms with Crippen LogP contribution in [0, 0.1) is 0 Å². The highest BCUT2D eigenvalue weighted by atomic mass is 16.5. The van der Waals surface area contributed by atoms with Gasteiger partial charge in [0.2, 0.25) is 0 Å². The zero-order chi connectivity index (χ0) is 11.2. The van der Waals surface area contributed by atoms with Crippen molar-refractivity contribution in [3.8, 4) is 17.2 Å². The van der Waals surface area contributed by atoms with E-state index in [9.17, 15) is 15.0 Å². The van der Waals surface area contributed by atoms with Gasteiger partial charge in [0.15, 0.2) is 17.3 Å². The molecule has 2 N–H and O–H groups in total. The molecule has 1 aromatic carbocycles. The monoisotopic (exact) mass is 208 g/mol. The van der Waals surface area contributed by atoms with E-state index in [2.05, 4.69) is 0 Å². The van der Waals surface area contributed by atoms with Crippen molar-refractivity contribution in [3.63, 3.8) is 0 Å². The summed E-state index contributed by atoms with van der Waals surface area (Å²) in [6, 6.07) is 2.59. The molecule has 0 amide bonds. The molecule has 1 aliphatic rings. The third-order valence-corrected chi connectivity index (χ3v) is 2.36. The van der Waals surface area contributed by atoms with Gasteiger partial charge in [-0.1, -0.05) is 0 Å². The zero-order valence-electron chi connectivity index (χ0n) is 8.57. The lowest BCUT2D eigenvalue weighted by Crippen LogP contribution is -2.35. The SMILES string of the molecule is CC1(C)CC(=O)c2c(O)ccc(O)c2O1. The molecule has 0 radical (unpaired) electrons. The van der Waals surface area contributed by atoms with E-state index >= 15 is 0 Å². The number of hydrogen-bond acceptors (Lipinski definition) is 4. The second-order valence-electron chi connectivity index (χ2n) is 4.27. The van der Waals surface area contributed by atoms with Crippen LogP contribution in [0.25, 0.3) is 0 Å². The molecule has 80 valence electrons. The van der Waals surface area contributed by atoms with E-state index in [1.165, 1.54) is 12.1 Å². The van der Waals surface area contributed by atoms with Crippen molar-refractivity contribution in [2.45, 2.75) is 25.9 Å². The number of benzene rings is 1. The molecule has 0 atom stereocenters. The summed E-state index contributed by atoms with van der Waals surface area (Å²) in [5.74, 6) is -0.405. The normalized spacial score (nSPS) is 18.1. The topological polar surface area (TPSA) is 66.8 Å². The Morgan fingerprint density at radius 2 is 1.87 bits per heavy atom. The number of phenols is 2. The molecule has 15 heavy (non-hydrogen) atoms. The van der Waals surface area contributed by atoms with Gasteiger partial charge in [0.1, 0.15) is 16.9 Å². The summed E-state index contributed by atoms with van der Waals surface area (Å²) in [6.45, 7) is 3.52. The lowest BCUT2D eigenvalue weighted by molar-refractivity contribution is 0.0595. The van der Waals surface area contributed by atoms with Crippen LogP contribution >= 0.6 is 0 Å². The number of hydrogen-bond donors (Lipinski definition) is 2. The zero-order valence-corrected chi connectivity index (χ0v) is 8.57. The lowest BCUT2D eigenvalue weighted by atomic mass is 9.92. The molecule has 0 aliphatic carbocycles. The van der Waals surface area contributed by atoms with Crippen molar-refractivity contribution < 1.29 is 19.7 Å². The van der Waals surface area contributed by atoms with E-state index in [0.717, 1.165) is 0 Å². The summed E-state index contributed by atoms with van der Waals surface area (Å²) in [7, 11) is 0. The van der Waals surface area contributed by atoms with Crippen molar-refractivity contribution in [1.82, 2.24) is 0 Å². The Labute approximate surface area is 87.1 Å². The van der Waals surface area contributed by atoms with Gasteiger partial charge in [-0.05, 0) is 26.0 Å². The van der Waals surface area contributed by atoms with E-state index in [0.29, 0.717) is 0 Å². The van der Waals surface area contributed by atoms with Crippen LogP contribution < -0.4 is 4.74 Å². The third kappa shape index (κ3) is 1.52. The quantitative estimate of drug-likeness (QED) is 0.638. The van der Waals surface area contributed by atoms with Gasteiger partial charge < -0.3 is 14.9 Å². The van der Waals surface area contributed by atoms with Crippen molar-refractivity contribution in [3.05, 3.63) is 17.7 Å². The molecule has 1 aromatic rings. The largest absolute Gasteiger partial charge is 0.507 e. The standard InChI is InChI=1S/C11H12O4/c1-11(2)5-8(14)9-6(12)3-4-7(13)10(9)15-11/h3-4,12-13H,5H2,1-2H3. The van der Waals surface area contributed by atoms with Gasteiger partial charge in [-0.25, -0.2) is 0 Å². The van der Waals surface area contributed by atoms with Crippen LogP contribution in [0.5, 0.6) is 17.2 Å². The average molecular weight is 208 g/mol. The number of Topliss-reactive ketones (excluding diaryl/α,β-unsaturated/α-hetero) is 1. The molecule has 0 bridgehead atoms. The number of phenolic OH excluding ortho intramolecular Hbond substituents is 2. The van der Waals surface area contributed by atoms with Crippen LogP contribution in [0.1, 0.15) is 30.6 Å². The molecular weight excluding hydrogens is 196 g/mol. The molecule has 0 aromatic heterocycles. The smallest absolute Gasteiger partial charge is 0.176 e. The molecule has 0 saturated carbocycles. The van der Waals surface area contributed by atoms with Gasteiger partial charge in [0.05, 0.1) is 6.42 Å². The maximum Gasteiger partial charge on any atom is 0.176 e. The molecular formula is C11H12O4. The van der Waals surface area contributed by atoms with E-state index in [1.54, 1.807) is 13.8 Å². The van der Waals surface area contributed by atoms with Gasteiger partial charge in [-0.3, -0.25) is 4.79 Å². The fourth-order valence-corrected chi connectivity index (χ4v) is 1.72. The molecule has 1 heterocycles. The third-order valence-electron chi connectivity index (χ3n) is 2.36. The number of ketones is 1. The first-order chi connectivity index (χ1) is 6.91. The first-order valence-electron chi connectivity index (χ1n) is 4.68. The number of carbonyl (C=O) groups is 1. The van der Waals surface area contributed by atoms with Crippen LogP contribution in [-0.4, -0.2) is 21.6 Å². The summed E-state index contributed by atoms with van der Waals surface area (Å²) in [5.41, 5.74) is -0.565. The molecule has 0 spiro atoms. The highest BCUT2D eigenvalue weighted by Crippen LogP contribution is 2.43. The summed E-state index contributed by atoms with van der Waals surface area (Å²) in [4.78, 5) is 11.7. The minimum Gasteiger partial charge on any atom is -0.507 e. The molecule has 0 saturated heterocycles. The Balaban J connectivity index is 2.64. The Morgan fingerprint density at radius 1 is 1.27 bits per heavy atom. The lowest BCUT2D eigenvalue weighted by Gasteiger charge is -2.31. The highest BCUT2D eigenvalue weighted by Gasteiger charge is 2.36. The number of ether oxygens (including phenoxy) is 1. The van der Waals surface area contributed by atoms with E-state index in [-0.39, 0.29) is 35.0 Å². The number of aromatic hydroxyl groups is 2. The fraction of sp³-hybridized carbons (Fsp3) is 0.364. The van der Waals surface area contributed by atoms with Crippen LogP contribution in [0.3, 0.4) is 0 Å². The predicted molar refractivity (Wildman–Crippen MR) is 53.4 cm³/mol. The minimum atomic E-state index is -0.643. The van der Waals surface area contributed by atoms with E-state index in [4.69, 9.17) is 4.74 Å². The summed E-state index contributed by atoms with van der Waals surface area (Å²) >= 11 is 0. The van der Waals surface area contributed by atoms with Gasteiger partial charge in [0.25, 0.3) is 0 Å². The van der Waals surface area contributed by atoms with E-state index < -0.39 is 5.60 Å². The van der Waals surface area contributed by atoms with Crippen molar-refractivity contribution >= 4 is 5.78 Å². The summed E-state index contributed by atoms with van der Waals surface area (Å²) in [6.07, 6.45) is 0.191. The van der Waals surface area contributed by atoms with Crippen molar-refractivity contribution in [2.75, 3.05) is 0 Å². The summed E-state index contributed by atoms with van der Waals surface area (Å²) in [5, 5.41) is 19.1. The molecule has 4 nitrogen and oxygen atoms in total. The Bertz CT molecular complexity index is 434. The molecule has 0 unspecified atom stereocenters.